The van der Waals surface area contributed by atoms with E-state index >= 15 is 0 Å². The van der Waals surface area contributed by atoms with E-state index in [0.717, 1.165) is 23.7 Å². The van der Waals surface area contributed by atoms with E-state index in [1.165, 1.54) is 20.8 Å². The highest BCUT2D eigenvalue weighted by Crippen LogP contribution is 2.35. The van der Waals surface area contributed by atoms with Crippen LogP contribution in [0.3, 0.4) is 0 Å². The Morgan fingerprint density at radius 1 is 1.43 bits per heavy atom. The number of nitrogens with one attached hydrogen (secondary N) is 1. The van der Waals surface area contributed by atoms with Crippen LogP contribution in [0.15, 0.2) is 22.8 Å². The molecule has 3 aromatic rings. The van der Waals surface area contributed by atoms with Crippen molar-refractivity contribution in [3.05, 3.63) is 34.9 Å². The zero-order valence-corrected chi connectivity index (χ0v) is 16.7. The van der Waals surface area contributed by atoms with E-state index in [0.29, 0.717) is 36.9 Å². The number of thiazole rings is 1. The molecule has 1 saturated heterocycles. The molecule has 0 spiro atoms. The molecule has 1 fully saturated rings. The van der Waals surface area contributed by atoms with Crippen molar-refractivity contribution in [3.8, 4) is 5.88 Å². The van der Waals surface area contributed by atoms with Crippen LogP contribution < -0.4 is 4.90 Å². The van der Waals surface area contributed by atoms with Crippen LogP contribution in [0.2, 0.25) is 0 Å². The standard InChI is InChI=1S/C18H23N5O4S/c1-3-13-19-17-23(20-13)16(24)15(28-17)14(12-6-5-11-27-12)21-7-9-22(10-8-21)18(25)26-4-2/h5-6,11,14,24H,3-4,7-10H2,1-2H3/p+1/t14-/m0/s1. The molecule has 0 aromatic carbocycles. The van der Waals surface area contributed by atoms with Gasteiger partial charge in [0.15, 0.2) is 17.6 Å². The highest BCUT2D eigenvalue weighted by Gasteiger charge is 2.37. The Balaban J connectivity index is 1.62. The number of ether oxygens (including phenoxy) is 1. The minimum atomic E-state index is -0.273. The Kier molecular flexibility index (Phi) is 5.23. The van der Waals surface area contributed by atoms with Gasteiger partial charge in [0.05, 0.1) is 39.0 Å². The number of piperazine rings is 1. The minimum absolute atomic E-state index is 0.105. The third-order valence-corrected chi connectivity index (χ3v) is 6.07. The molecule has 9 nitrogen and oxygen atoms in total. The summed E-state index contributed by atoms with van der Waals surface area (Å²) in [6, 6.07) is 3.58. The average molecular weight is 406 g/mol. The third kappa shape index (κ3) is 3.33. The topological polar surface area (TPSA) is 97.5 Å². The number of carbonyl (C=O) groups excluding carboxylic acids is 1. The quantitative estimate of drug-likeness (QED) is 0.659. The number of fused-ring (bicyclic) bond motifs is 1. The molecule has 0 aliphatic carbocycles. The van der Waals surface area contributed by atoms with Gasteiger partial charge in [0.1, 0.15) is 4.88 Å². The molecule has 1 amide bonds. The fraction of sp³-hybridized carbons (Fsp3) is 0.500. The Hall–Kier alpha value is -2.59. The zero-order chi connectivity index (χ0) is 19.7. The summed E-state index contributed by atoms with van der Waals surface area (Å²) in [5, 5.41) is 15.2. The molecule has 2 N–H and O–H groups in total. The fourth-order valence-electron chi connectivity index (χ4n) is 3.58. The maximum absolute atomic E-state index is 12.0. The third-order valence-electron chi connectivity index (χ3n) is 4.99. The summed E-state index contributed by atoms with van der Waals surface area (Å²) in [5.74, 6) is 1.59. The molecule has 28 heavy (non-hydrogen) atoms. The van der Waals surface area contributed by atoms with E-state index < -0.39 is 0 Å². The van der Waals surface area contributed by atoms with Crippen molar-refractivity contribution in [2.24, 2.45) is 0 Å². The number of carbonyl (C=O) groups is 1. The van der Waals surface area contributed by atoms with Crippen molar-refractivity contribution >= 4 is 22.4 Å². The number of furan rings is 1. The first-order valence-corrected chi connectivity index (χ1v) is 10.3. The lowest BCUT2D eigenvalue weighted by molar-refractivity contribution is -0.930. The van der Waals surface area contributed by atoms with Gasteiger partial charge in [-0.05, 0) is 19.1 Å². The van der Waals surface area contributed by atoms with Crippen molar-refractivity contribution in [2.75, 3.05) is 32.8 Å². The molecular formula is C18H24N5O4S+. The number of aromatic hydroxyl groups is 1. The number of hydrogen-bond donors (Lipinski definition) is 2. The van der Waals surface area contributed by atoms with Crippen LogP contribution in [-0.4, -0.2) is 63.5 Å². The molecular weight excluding hydrogens is 382 g/mol. The number of aromatic nitrogens is 3. The highest BCUT2D eigenvalue weighted by molar-refractivity contribution is 7.17. The van der Waals surface area contributed by atoms with Gasteiger partial charge in [-0.2, -0.15) is 4.52 Å². The van der Waals surface area contributed by atoms with Crippen LogP contribution in [0.1, 0.15) is 36.4 Å². The van der Waals surface area contributed by atoms with Gasteiger partial charge >= 0.3 is 6.09 Å². The Labute approximate surface area is 166 Å². The van der Waals surface area contributed by atoms with E-state index in [4.69, 9.17) is 9.15 Å². The van der Waals surface area contributed by atoms with E-state index in [1.807, 2.05) is 19.1 Å². The molecule has 3 aromatic heterocycles. The number of quaternary nitrogens is 1. The van der Waals surface area contributed by atoms with Crippen molar-refractivity contribution in [1.29, 1.82) is 0 Å². The lowest BCUT2D eigenvalue weighted by Crippen LogP contribution is -3.15. The average Bonchev–Trinajstić information content (AvgIpc) is 3.42. The van der Waals surface area contributed by atoms with Crippen LogP contribution in [0.5, 0.6) is 5.88 Å². The van der Waals surface area contributed by atoms with E-state index in [-0.39, 0.29) is 18.0 Å². The van der Waals surface area contributed by atoms with Crippen molar-refractivity contribution in [2.45, 2.75) is 26.3 Å². The molecule has 1 aliphatic rings. The van der Waals surface area contributed by atoms with E-state index in [2.05, 4.69) is 10.1 Å². The number of aryl methyl sites for hydroxylation is 1. The smallest absolute Gasteiger partial charge is 0.410 e. The highest BCUT2D eigenvalue weighted by atomic mass is 32.1. The second kappa shape index (κ2) is 7.80. The molecule has 1 atom stereocenters. The predicted molar refractivity (Wildman–Crippen MR) is 102 cm³/mol. The van der Waals surface area contributed by atoms with Gasteiger partial charge in [-0.15, -0.1) is 5.10 Å². The van der Waals surface area contributed by atoms with Crippen molar-refractivity contribution < 1.29 is 24.0 Å². The van der Waals surface area contributed by atoms with Gasteiger partial charge in [-0.1, -0.05) is 18.3 Å². The first-order chi connectivity index (χ1) is 13.6. The van der Waals surface area contributed by atoms with Gasteiger partial charge in [-0.3, -0.25) is 4.90 Å². The molecule has 0 bridgehead atoms. The van der Waals surface area contributed by atoms with Gasteiger partial charge in [-0.25, -0.2) is 9.78 Å². The molecule has 4 heterocycles. The van der Waals surface area contributed by atoms with Gasteiger partial charge < -0.3 is 19.2 Å². The number of nitrogens with zero attached hydrogens (tertiary/aromatic N) is 4. The van der Waals surface area contributed by atoms with Gasteiger partial charge in [0, 0.05) is 6.42 Å². The Bertz CT molecular complexity index is 943. The van der Waals surface area contributed by atoms with Gasteiger partial charge in [0.2, 0.25) is 10.8 Å². The van der Waals surface area contributed by atoms with E-state index in [1.54, 1.807) is 18.1 Å². The van der Waals surface area contributed by atoms with Crippen LogP contribution >= 0.6 is 11.3 Å². The Morgan fingerprint density at radius 2 is 2.21 bits per heavy atom. The number of hydrogen-bond acceptors (Lipinski definition) is 7. The number of amides is 1. The Morgan fingerprint density at radius 3 is 2.82 bits per heavy atom. The summed E-state index contributed by atoms with van der Waals surface area (Å²) in [7, 11) is 0. The second-order valence-electron chi connectivity index (χ2n) is 6.66. The monoisotopic (exact) mass is 406 g/mol. The fourth-order valence-corrected chi connectivity index (χ4v) is 4.72. The summed E-state index contributed by atoms with van der Waals surface area (Å²) >= 11 is 1.43. The predicted octanol–water partition coefficient (Wildman–Crippen LogP) is 1.10. The summed E-state index contributed by atoms with van der Waals surface area (Å²) in [5.41, 5.74) is 0. The van der Waals surface area contributed by atoms with Crippen molar-refractivity contribution in [3.63, 3.8) is 0 Å². The molecule has 0 radical (unpaired) electrons. The first kappa shape index (κ1) is 18.8. The van der Waals surface area contributed by atoms with Crippen molar-refractivity contribution in [1.82, 2.24) is 19.5 Å². The maximum atomic E-state index is 12.0. The first-order valence-electron chi connectivity index (χ1n) is 9.49. The molecule has 150 valence electrons. The largest absolute Gasteiger partial charge is 0.492 e. The minimum Gasteiger partial charge on any atom is -0.492 e. The van der Waals surface area contributed by atoms with Crippen LogP contribution in [0, 0.1) is 0 Å². The summed E-state index contributed by atoms with van der Waals surface area (Å²) in [6.07, 6.45) is 2.08. The lowest BCUT2D eigenvalue weighted by atomic mass is 10.1. The SMILES string of the molecule is CCOC(=O)N1CC[NH+]([C@@H](c2ccco2)c2sc3nc(CC)nn3c2O)CC1. The second-order valence-corrected chi connectivity index (χ2v) is 7.67. The molecule has 4 rings (SSSR count). The van der Waals surface area contributed by atoms with Crippen LogP contribution in [0.25, 0.3) is 4.96 Å². The lowest BCUT2D eigenvalue weighted by Gasteiger charge is -2.34. The molecule has 1 aliphatic heterocycles. The van der Waals surface area contributed by atoms with E-state index in [9.17, 15) is 9.90 Å². The maximum Gasteiger partial charge on any atom is 0.410 e. The number of rotatable bonds is 5. The normalized spacial score (nSPS) is 16.6. The van der Waals surface area contributed by atoms with Gasteiger partial charge in [0.25, 0.3) is 0 Å². The van der Waals surface area contributed by atoms with Crippen LogP contribution in [-0.2, 0) is 11.2 Å². The summed E-state index contributed by atoms with van der Waals surface area (Å²) in [6.45, 7) is 6.78. The molecule has 0 unspecified atom stereocenters. The zero-order valence-electron chi connectivity index (χ0n) is 15.9. The summed E-state index contributed by atoms with van der Waals surface area (Å²) < 4.78 is 12.3. The van der Waals surface area contributed by atoms with Crippen LogP contribution in [0.4, 0.5) is 4.79 Å². The molecule has 10 heteroatoms. The molecule has 0 saturated carbocycles. The summed E-state index contributed by atoms with van der Waals surface area (Å²) in [4.78, 5) is 20.8.